The van der Waals surface area contributed by atoms with Crippen LogP contribution in [-0.4, -0.2) is 47.6 Å². The Balaban J connectivity index is 1.52. The van der Waals surface area contributed by atoms with Gasteiger partial charge >= 0.3 is 0 Å². The fourth-order valence-electron chi connectivity index (χ4n) is 3.27. The van der Waals surface area contributed by atoms with E-state index in [-0.39, 0.29) is 0 Å². The highest BCUT2D eigenvalue weighted by atomic mass is 15.3. The normalized spacial score (nSPS) is 21.4. The minimum absolute atomic E-state index is 0.675. The second kappa shape index (κ2) is 6.37. The van der Waals surface area contributed by atoms with Crippen molar-refractivity contribution < 1.29 is 0 Å². The van der Waals surface area contributed by atoms with Crippen molar-refractivity contribution in [1.29, 1.82) is 0 Å². The van der Waals surface area contributed by atoms with Crippen molar-refractivity contribution in [1.82, 2.24) is 14.9 Å². The zero-order chi connectivity index (χ0) is 13.8. The quantitative estimate of drug-likeness (QED) is 0.633. The van der Waals surface area contributed by atoms with E-state index in [1.165, 1.54) is 45.3 Å². The van der Waals surface area contributed by atoms with Crippen molar-refractivity contribution in [3.05, 3.63) is 12.4 Å². The molecule has 0 bridgehead atoms. The Kier molecular flexibility index (Phi) is 4.32. The Hall–Kier alpha value is -1.40. The molecule has 2 saturated heterocycles. The van der Waals surface area contributed by atoms with Gasteiger partial charge in [-0.1, -0.05) is 0 Å². The summed E-state index contributed by atoms with van der Waals surface area (Å²) in [6.45, 7) is 6.06. The standard InChI is InChI=1S/C14H24N6/c15-18-13-9-14(17-11-16-13)20-7-3-12(4-8-20)10-19-5-1-2-6-19/h9,11-12H,1-8,10,15H2,(H,16,17,18). The molecule has 0 radical (unpaired) electrons. The number of rotatable bonds is 4. The van der Waals surface area contributed by atoms with Crippen LogP contribution in [0.4, 0.5) is 11.6 Å². The lowest BCUT2D eigenvalue weighted by atomic mass is 9.96. The number of nitrogens with zero attached hydrogens (tertiary/aromatic N) is 4. The Labute approximate surface area is 120 Å². The first kappa shape index (κ1) is 13.6. The molecule has 110 valence electrons. The molecule has 2 aliphatic rings. The highest BCUT2D eigenvalue weighted by Gasteiger charge is 2.23. The molecule has 3 rings (SSSR count). The molecule has 3 N–H and O–H groups in total. The number of anilines is 2. The maximum Gasteiger partial charge on any atom is 0.145 e. The summed E-state index contributed by atoms with van der Waals surface area (Å²) in [5.41, 5.74) is 2.58. The minimum Gasteiger partial charge on any atom is -0.356 e. The molecule has 0 unspecified atom stereocenters. The first-order valence-corrected chi connectivity index (χ1v) is 7.61. The van der Waals surface area contributed by atoms with Crippen LogP contribution in [0.2, 0.25) is 0 Å². The van der Waals surface area contributed by atoms with E-state index in [4.69, 9.17) is 5.84 Å². The fraction of sp³-hybridized carbons (Fsp3) is 0.714. The van der Waals surface area contributed by atoms with Crippen molar-refractivity contribution in [2.45, 2.75) is 25.7 Å². The fourth-order valence-corrected chi connectivity index (χ4v) is 3.27. The smallest absolute Gasteiger partial charge is 0.145 e. The van der Waals surface area contributed by atoms with E-state index >= 15 is 0 Å². The molecule has 2 aliphatic heterocycles. The van der Waals surface area contributed by atoms with Gasteiger partial charge in [0.05, 0.1) is 0 Å². The van der Waals surface area contributed by atoms with E-state index < -0.39 is 0 Å². The predicted octanol–water partition coefficient (Wildman–Crippen LogP) is 1.07. The van der Waals surface area contributed by atoms with Crippen molar-refractivity contribution in [2.24, 2.45) is 11.8 Å². The van der Waals surface area contributed by atoms with Crippen LogP contribution in [-0.2, 0) is 0 Å². The molecule has 0 aromatic carbocycles. The summed E-state index contributed by atoms with van der Waals surface area (Å²) in [7, 11) is 0. The van der Waals surface area contributed by atoms with Crippen molar-refractivity contribution >= 4 is 11.6 Å². The van der Waals surface area contributed by atoms with Gasteiger partial charge in [0.2, 0.25) is 0 Å². The second-order valence-electron chi connectivity index (χ2n) is 5.84. The Morgan fingerprint density at radius 1 is 1.15 bits per heavy atom. The monoisotopic (exact) mass is 276 g/mol. The zero-order valence-corrected chi connectivity index (χ0v) is 12.0. The lowest BCUT2D eigenvalue weighted by molar-refractivity contribution is 0.249. The van der Waals surface area contributed by atoms with Gasteiger partial charge in [0, 0.05) is 25.7 Å². The van der Waals surface area contributed by atoms with E-state index in [0.29, 0.717) is 5.82 Å². The molecule has 0 spiro atoms. The first-order chi connectivity index (χ1) is 9.85. The number of aromatic nitrogens is 2. The van der Waals surface area contributed by atoms with Crippen LogP contribution in [0.3, 0.4) is 0 Å². The average molecular weight is 276 g/mol. The van der Waals surface area contributed by atoms with Gasteiger partial charge in [0.1, 0.15) is 18.0 Å². The largest absolute Gasteiger partial charge is 0.356 e. The first-order valence-electron chi connectivity index (χ1n) is 7.61. The molecule has 6 nitrogen and oxygen atoms in total. The second-order valence-corrected chi connectivity index (χ2v) is 5.84. The molecule has 0 atom stereocenters. The Bertz CT molecular complexity index is 423. The molecule has 3 heterocycles. The third-order valence-corrected chi connectivity index (χ3v) is 4.45. The molecule has 6 heteroatoms. The third kappa shape index (κ3) is 3.19. The number of nitrogen functional groups attached to an aromatic ring is 1. The van der Waals surface area contributed by atoms with Gasteiger partial charge in [0.15, 0.2) is 0 Å². The average Bonchev–Trinajstić information content (AvgIpc) is 3.01. The molecule has 0 saturated carbocycles. The van der Waals surface area contributed by atoms with Crippen molar-refractivity contribution in [3.8, 4) is 0 Å². The maximum absolute atomic E-state index is 5.40. The van der Waals surface area contributed by atoms with E-state index in [1.54, 1.807) is 6.33 Å². The SMILES string of the molecule is NNc1cc(N2CCC(CN3CCCC3)CC2)ncn1. The Morgan fingerprint density at radius 3 is 2.60 bits per heavy atom. The summed E-state index contributed by atoms with van der Waals surface area (Å²) >= 11 is 0. The van der Waals surface area contributed by atoms with Crippen molar-refractivity contribution in [3.63, 3.8) is 0 Å². The summed E-state index contributed by atoms with van der Waals surface area (Å²) in [5.74, 6) is 7.90. The van der Waals surface area contributed by atoms with Gasteiger partial charge in [-0.2, -0.15) is 0 Å². The van der Waals surface area contributed by atoms with Crippen LogP contribution < -0.4 is 16.2 Å². The number of hydrazine groups is 1. The highest BCUT2D eigenvalue weighted by molar-refractivity contribution is 5.47. The van der Waals surface area contributed by atoms with Gasteiger partial charge in [0.25, 0.3) is 0 Å². The lowest BCUT2D eigenvalue weighted by Gasteiger charge is -2.34. The number of nitrogens with two attached hydrogens (primary N) is 1. The number of hydrogen-bond acceptors (Lipinski definition) is 6. The maximum atomic E-state index is 5.40. The van der Waals surface area contributed by atoms with Gasteiger partial charge < -0.3 is 15.2 Å². The molecule has 1 aromatic rings. The molecule has 20 heavy (non-hydrogen) atoms. The van der Waals surface area contributed by atoms with Crippen LogP contribution in [0.1, 0.15) is 25.7 Å². The molecule has 2 fully saturated rings. The lowest BCUT2D eigenvalue weighted by Crippen LogP contribution is -2.38. The topological polar surface area (TPSA) is 70.3 Å². The number of piperidine rings is 1. The summed E-state index contributed by atoms with van der Waals surface area (Å²) in [4.78, 5) is 13.4. The van der Waals surface area contributed by atoms with Gasteiger partial charge in [-0.25, -0.2) is 15.8 Å². The van der Waals surface area contributed by atoms with Crippen LogP contribution in [0.15, 0.2) is 12.4 Å². The molecular formula is C14H24N6. The van der Waals surface area contributed by atoms with Gasteiger partial charge in [-0.15, -0.1) is 0 Å². The third-order valence-electron chi connectivity index (χ3n) is 4.45. The number of nitrogens with one attached hydrogen (secondary N) is 1. The summed E-state index contributed by atoms with van der Waals surface area (Å²) in [6.07, 6.45) is 6.85. The van der Waals surface area contributed by atoms with E-state index in [2.05, 4.69) is 25.2 Å². The molecular weight excluding hydrogens is 252 g/mol. The van der Waals surface area contributed by atoms with Crippen LogP contribution in [0, 0.1) is 5.92 Å². The Morgan fingerprint density at radius 2 is 1.90 bits per heavy atom. The van der Waals surface area contributed by atoms with Gasteiger partial charge in [-0.05, 0) is 44.7 Å². The molecule has 1 aromatic heterocycles. The van der Waals surface area contributed by atoms with Crippen LogP contribution in [0.5, 0.6) is 0 Å². The molecule has 0 aliphatic carbocycles. The molecule has 0 amide bonds. The minimum atomic E-state index is 0.675. The number of hydrogen-bond donors (Lipinski definition) is 2. The summed E-state index contributed by atoms with van der Waals surface area (Å²) < 4.78 is 0. The van der Waals surface area contributed by atoms with Crippen LogP contribution in [0.25, 0.3) is 0 Å². The zero-order valence-electron chi connectivity index (χ0n) is 12.0. The summed E-state index contributed by atoms with van der Waals surface area (Å²) in [6, 6.07) is 1.92. The van der Waals surface area contributed by atoms with Gasteiger partial charge in [-0.3, -0.25) is 0 Å². The van der Waals surface area contributed by atoms with E-state index in [0.717, 1.165) is 24.8 Å². The van der Waals surface area contributed by atoms with E-state index in [1.807, 2.05) is 6.07 Å². The predicted molar refractivity (Wildman–Crippen MR) is 80.5 cm³/mol. The highest BCUT2D eigenvalue weighted by Crippen LogP contribution is 2.24. The number of likely N-dealkylation sites (tertiary alicyclic amines) is 1. The summed E-state index contributed by atoms with van der Waals surface area (Å²) in [5, 5.41) is 0. The van der Waals surface area contributed by atoms with Crippen molar-refractivity contribution in [2.75, 3.05) is 43.0 Å². The van der Waals surface area contributed by atoms with Crippen LogP contribution >= 0.6 is 0 Å². The van der Waals surface area contributed by atoms with E-state index in [9.17, 15) is 0 Å².